The van der Waals surface area contributed by atoms with Crippen molar-refractivity contribution in [2.75, 3.05) is 32.7 Å². The molecule has 1 N–H and O–H groups in total. The fraction of sp³-hybridized carbons (Fsp3) is 0.733. The Hall–Kier alpha value is -1.40. The van der Waals surface area contributed by atoms with Crippen LogP contribution in [0.3, 0.4) is 0 Å². The lowest BCUT2D eigenvalue weighted by molar-refractivity contribution is -0.131. The first-order valence-electron chi connectivity index (χ1n) is 7.97. The topological polar surface area (TPSA) is 53.4 Å². The Morgan fingerprint density at radius 3 is 3.00 bits per heavy atom. The number of nitrogens with one attached hydrogen (secondary N) is 1. The highest BCUT2D eigenvalue weighted by molar-refractivity contribution is 5.82. The second kappa shape index (κ2) is 5.10. The van der Waals surface area contributed by atoms with Gasteiger partial charge in [0.15, 0.2) is 0 Å². The van der Waals surface area contributed by atoms with Crippen LogP contribution in [0.25, 0.3) is 0 Å². The second-order valence-corrected chi connectivity index (χ2v) is 6.53. The number of rotatable bonds is 3. The molecule has 3 heterocycles. The summed E-state index contributed by atoms with van der Waals surface area (Å²) in [5.74, 6) is 0.909. The van der Waals surface area contributed by atoms with Gasteiger partial charge in [0, 0.05) is 63.5 Å². The lowest BCUT2D eigenvalue weighted by atomic mass is 10.1. The van der Waals surface area contributed by atoms with Crippen LogP contribution >= 0.6 is 0 Å². The molecular weight excluding hydrogens is 266 g/mol. The average Bonchev–Trinajstić information content (AvgIpc) is 3.25. The molecule has 1 aromatic rings. The van der Waals surface area contributed by atoms with Gasteiger partial charge >= 0.3 is 0 Å². The van der Waals surface area contributed by atoms with E-state index in [2.05, 4.69) is 20.2 Å². The van der Waals surface area contributed by atoms with E-state index in [1.807, 2.05) is 17.9 Å². The standard InChI is InChI=1S/C15H23N5O/c1-18-14(11-2-3-11)12(8-17-18)9-19-6-7-20-5-4-16-15(21)13(20)10-19/h8,11,13H,2-7,9-10H2,1H3,(H,16,21). The summed E-state index contributed by atoms with van der Waals surface area (Å²) in [4.78, 5) is 16.8. The number of fused-ring (bicyclic) bond motifs is 1. The van der Waals surface area contributed by atoms with E-state index in [1.165, 1.54) is 24.1 Å². The summed E-state index contributed by atoms with van der Waals surface area (Å²) < 4.78 is 2.04. The number of carbonyl (C=O) groups excluding carboxylic acids is 1. The van der Waals surface area contributed by atoms with Gasteiger partial charge in [-0.3, -0.25) is 19.3 Å². The molecular formula is C15H23N5O. The molecule has 4 rings (SSSR count). The molecule has 1 unspecified atom stereocenters. The smallest absolute Gasteiger partial charge is 0.238 e. The molecule has 21 heavy (non-hydrogen) atoms. The monoisotopic (exact) mass is 289 g/mol. The van der Waals surface area contributed by atoms with Crippen LogP contribution in [0.1, 0.15) is 30.0 Å². The maximum atomic E-state index is 12.0. The van der Waals surface area contributed by atoms with Gasteiger partial charge in [0.2, 0.25) is 5.91 Å². The van der Waals surface area contributed by atoms with Crippen molar-refractivity contribution in [1.29, 1.82) is 0 Å². The van der Waals surface area contributed by atoms with Gasteiger partial charge < -0.3 is 5.32 Å². The minimum atomic E-state index is 0.0357. The zero-order valence-corrected chi connectivity index (χ0v) is 12.6. The van der Waals surface area contributed by atoms with Crippen LogP contribution in [0, 0.1) is 0 Å². The van der Waals surface area contributed by atoms with E-state index in [1.54, 1.807) is 0 Å². The largest absolute Gasteiger partial charge is 0.353 e. The van der Waals surface area contributed by atoms with Crippen molar-refractivity contribution < 1.29 is 4.79 Å². The van der Waals surface area contributed by atoms with Crippen LogP contribution < -0.4 is 5.32 Å². The Morgan fingerprint density at radius 2 is 2.19 bits per heavy atom. The molecule has 0 aromatic carbocycles. The number of piperazine rings is 2. The Morgan fingerprint density at radius 1 is 1.33 bits per heavy atom. The molecule has 0 bridgehead atoms. The van der Waals surface area contributed by atoms with E-state index in [-0.39, 0.29) is 11.9 Å². The van der Waals surface area contributed by atoms with Gasteiger partial charge in [-0.15, -0.1) is 0 Å². The maximum absolute atomic E-state index is 12.0. The molecule has 6 nitrogen and oxygen atoms in total. The third-order valence-corrected chi connectivity index (χ3v) is 5.00. The van der Waals surface area contributed by atoms with Crippen molar-refractivity contribution in [2.45, 2.75) is 31.3 Å². The first kappa shape index (κ1) is 13.3. The average molecular weight is 289 g/mol. The maximum Gasteiger partial charge on any atom is 0.238 e. The molecule has 2 saturated heterocycles. The van der Waals surface area contributed by atoms with E-state index < -0.39 is 0 Å². The zero-order valence-electron chi connectivity index (χ0n) is 12.6. The number of aromatic nitrogens is 2. The van der Waals surface area contributed by atoms with Crippen molar-refractivity contribution in [2.24, 2.45) is 7.05 Å². The molecule has 0 spiro atoms. The second-order valence-electron chi connectivity index (χ2n) is 6.53. The van der Waals surface area contributed by atoms with E-state index >= 15 is 0 Å². The lowest BCUT2D eigenvalue weighted by Crippen LogP contribution is -2.63. The number of hydrogen-bond acceptors (Lipinski definition) is 4. The SMILES string of the molecule is Cn1ncc(CN2CCN3CCNC(=O)C3C2)c1C1CC1. The molecule has 6 heteroatoms. The molecule has 3 aliphatic rings. The Kier molecular flexibility index (Phi) is 3.23. The van der Waals surface area contributed by atoms with Crippen LogP contribution in [0.15, 0.2) is 6.20 Å². The molecule has 1 saturated carbocycles. The minimum absolute atomic E-state index is 0.0357. The Bertz CT molecular complexity index is 550. The summed E-state index contributed by atoms with van der Waals surface area (Å²) in [6, 6.07) is 0.0357. The first-order chi connectivity index (χ1) is 10.2. The Balaban J connectivity index is 1.47. The normalized spacial score (nSPS) is 27.5. The molecule has 0 radical (unpaired) electrons. The Labute approximate surface area is 125 Å². The summed E-state index contributed by atoms with van der Waals surface area (Å²) >= 11 is 0. The molecule has 1 aliphatic carbocycles. The number of carbonyl (C=O) groups is 1. The van der Waals surface area contributed by atoms with Crippen LogP contribution in [-0.2, 0) is 18.4 Å². The molecule has 1 atom stereocenters. The predicted molar refractivity (Wildman–Crippen MR) is 78.8 cm³/mol. The van der Waals surface area contributed by atoms with Gasteiger partial charge in [-0.2, -0.15) is 5.10 Å². The summed E-state index contributed by atoms with van der Waals surface area (Å²) in [6.45, 7) is 5.59. The van der Waals surface area contributed by atoms with Crippen molar-refractivity contribution >= 4 is 5.91 Å². The molecule has 1 aromatic heterocycles. The summed E-state index contributed by atoms with van der Waals surface area (Å²) in [5.41, 5.74) is 2.76. The number of aryl methyl sites for hydroxylation is 1. The van der Waals surface area contributed by atoms with Gasteiger partial charge in [0.1, 0.15) is 6.04 Å². The van der Waals surface area contributed by atoms with Gasteiger partial charge in [-0.25, -0.2) is 0 Å². The van der Waals surface area contributed by atoms with Gasteiger partial charge in [0.05, 0.1) is 6.20 Å². The quantitative estimate of drug-likeness (QED) is 0.845. The number of nitrogens with zero attached hydrogens (tertiary/aromatic N) is 4. The van der Waals surface area contributed by atoms with Crippen LogP contribution in [-0.4, -0.2) is 64.3 Å². The van der Waals surface area contributed by atoms with Crippen LogP contribution in [0.5, 0.6) is 0 Å². The third-order valence-electron chi connectivity index (χ3n) is 5.00. The van der Waals surface area contributed by atoms with Gasteiger partial charge in [-0.1, -0.05) is 0 Å². The molecule has 3 fully saturated rings. The summed E-state index contributed by atoms with van der Waals surface area (Å²) in [7, 11) is 2.05. The highest BCUT2D eigenvalue weighted by atomic mass is 16.2. The summed E-state index contributed by atoms with van der Waals surface area (Å²) in [6.07, 6.45) is 4.61. The van der Waals surface area contributed by atoms with E-state index in [9.17, 15) is 4.79 Å². The van der Waals surface area contributed by atoms with Crippen molar-refractivity contribution in [3.63, 3.8) is 0 Å². The molecule has 114 valence electrons. The minimum Gasteiger partial charge on any atom is -0.353 e. The fourth-order valence-corrected chi connectivity index (χ4v) is 3.72. The zero-order chi connectivity index (χ0) is 14.4. The lowest BCUT2D eigenvalue weighted by Gasteiger charge is -2.43. The third kappa shape index (κ3) is 2.46. The van der Waals surface area contributed by atoms with E-state index in [4.69, 9.17) is 0 Å². The summed E-state index contributed by atoms with van der Waals surface area (Å²) in [5, 5.41) is 7.43. The fourth-order valence-electron chi connectivity index (χ4n) is 3.72. The molecule has 2 aliphatic heterocycles. The van der Waals surface area contributed by atoms with Crippen molar-refractivity contribution in [1.82, 2.24) is 24.9 Å². The van der Waals surface area contributed by atoms with E-state index in [0.29, 0.717) is 5.92 Å². The predicted octanol–water partition coefficient (Wildman–Crippen LogP) is -0.0865. The first-order valence-corrected chi connectivity index (χ1v) is 7.97. The highest BCUT2D eigenvalue weighted by Gasteiger charge is 2.35. The molecule has 1 amide bonds. The van der Waals surface area contributed by atoms with Gasteiger partial charge in [-0.05, 0) is 12.8 Å². The van der Waals surface area contributed by atoms with Crippen molar-refractivity contribution in [3.8, 4) is 0 Å². The number of hydrogen-bond donors (Lipinski definition) is 1. The number of amides is 1. The van der Waals surface area contributed by atoms with E-state index in [0.717, 1.165) is 39.3 Å². The van der Waals surface area contributed by atoms with Crippen LogP contribution in [0.2, 0.25) is 0 Å². The highest BCUT2D eigenvalue weighted by Crippen LogP contribution is 2.41. The van der Waals surface area contributed by atoms with Gasteiger partial charge in [0.25, 0.3) is 0 Å². The van der Waals surface area contributed by atoms with Crippen molar-refractivity contribution in [3.05, 3.63) is 17.5 Å². The van der Waals surface area contributed by atoms with Crippen LogP contribution in [0.4, 0.5) is 0 Å².